The van der Waals surface area contributed by atoms with Crippen LogP contribution in [0.4, 0.5) is 0 Å². The van der Waals surface area contributed by atoms with Crippen molar-refractivity contribution in [3.05, 3.63) is 36.2 Å². The standard InChI is InChI=1S/C14H23N5/c1-4-6-13(15-3)12-7-8-18(9-12)10-14-16-11-17-19(14)5-2/h7-9,11,13,15H,4-6,10H2,1-3H3. The Morgan fingerprint density at radius 1 is 1.37 bits per heavy atom. The highest BCUT2D eigenvalue weighted by molar-refractivity contribution is 5.16. The first-order valence-corrected chi connectivity index (χ1v) is 6.98. The van der Waals surface area contributed by atoms with Crippen LogP contribution in [0.25, 0.3) is 0 Å². The van der Waals surface area contributed by atoms with Crippen LogP contribution in [0.2, 0.25) is 0 Å². The summed E-state index contributed by atoms with van der Waals surface area (Å²) in [6.07, 6.45) is 8.28. The first-order valence-electron chi connectivity index (χ1n) is 6.98. The fourth-order valence-corrected chi connectivity index (χ4v) is 2.37. The molecule has 104 valence electrons. The van der Waals surface area contributed by atoms with Gasteiger partial charge in [0.2, 0.25) is 0 Å². The summed E-state index contributed by atoms with van der Waals surface area (Å²) >= 11 is 0. The lowest BCUT2D eigenvalue weighted by atomic mass is 10.1. The van der Waals surface area contributed by atoms with Gasteiger partial charge in [0.15, 0.2) is 0 Å². The molecule has 0 spiro atoms. The van der Waals surface area contributed by atoms with E-state index in [4.69, 9.17) is 0 Å². The van der Waals surface area contributed by atoms with Crippen molar-refractivity contribution >= 4 is 0 Å². The molecule has 0 aliphatic rings. The van der Waals surface area contributed by atoms with Gasteiger partial charge in [0.25, 0.3) is 0 Å². The quantitative estimate of drug-likeness (QED) is 0.831. The van der Waals surface area contributed by atoms with Crippen LogP contribution in [0.1, 0.15) is 44.1 Å². The van der Waals surface area contributed by atoms with Gasteiger partial charge >= 0.3 is 0 Å². The average Bonchev–Trinajstić information content (AvgIpc) is 3.05. The van der Waals surface area contributed by atoms with Crippen LogP contribution in [0.5, 0.6) is 0 Å². The SMILES string of the molecule is CCCC(NC)c1ccn(Cc2ncnn2CC)c1. The lowest BCUT2D eigenvalue weighted by molar-refractivity contribution is 0.539. The molecular weight excluding hydrogens is 238 g/mol. The molecule has 2 aromatic rings. The van der Waals surface area contributed by atoms with Crippen LogP contribution in [0.3, 0.4) is 0 Å². The molecule has 2 heterocycles. The summed E-state index contributed by atoms with van der Waals surface area (Å²) < 4.78 is 4.10. The van der Waals surface area contributed by atoms with E-state index in [0.29, 0.717) is 6.04 Å². The number of aromatic nitrogens is 4. The second-order valence-corrected chi connectivity index (χ2v) is 4.74. The van der Waals surface area contributed by atoms with Crippen molar-refractivity contribution in [3.63, 3.8) is 0 Å². The van der Waals surface area contributed by atoms with Gasteiger partial charge in [-0.1, -0.05) is 13.3 Å². The zero-order valence-corrected chi connectivity index (χ0v) is 12.0. The predicted octanol–water partition coefficient (Wildman–Crippen LogP) is 2.21. The van der Waals surface area contributed by atoms with Crippen molar-refractivity contribution < 1.29 is 0 Å². The Bertz CT molecular complexity index is 499. The zero-order chi connectivity index (χ0) is 13.7. The highest BCUT2D eigenvalue weighted by atomic mass is 15.3. The van der Waals surface area contributed by atoms with Gasteiger partial charge in [0.1, 0.15) is 12.2 Å². The molecule has 0 fully saturated rings. The summed E-state index contributed by atoms with van der Waals surface area (Å²) in [5.41, 5.74) is 1.34. The zero-order valence-electron chi connectivity index (χ0n) is 12.0. The molecule has 0 bridgehead atoms. The van der Waals surface area contributed by atoms with E-state index in [1.807, 2.05) is 11.7 Å². The van der Waals surface area contributed by atoms with Gasteiger partial charge in [-0.2, -0.15) is 5.10 Å². The number of rotatable bonds is 7. The molecule has 2 rings (SSSR count). The molecule has 1 unspecified atom stereocenters. The molecule has 0 aromatic carbocycles. The Morgan fingerprint density at radius 2 is 2.21 bits per heavy atom. The molecule has 0 saturated carbocycles. The van der Waals surface area contributed by atoms with E-state index in [0.717, 1.165) is 25.3 Å². The highest BCUT2D eigenvalue weighted by Gasteiger charge is 2.10. The molecular formula is C14H23N5. The van der Waals surface area contributed by atoms with Crippen LogP contribution < -0.4 is 5.32 Å². The summed E-state index contributed by atoms with van der Waals surface area (Å²) in [4.78, 5) is 4.31. The summed E-state index contributed by atoms with van der Waals surface area (Å²) in [5, 5.41) is 7.57. The van der Waals surface area contributed by atoms with Gasteiger partial charge in [-0.3, -0.25) is 0 Å². The van der Waals surface area contributed by atoms with Crippen molar-refractivity contribution in [2.45, 2.75) is 45.8 Å². The normalized spacial score (nSPS) is 12.8. The second kappa shape index (κ2) is 6.52. The van der Waals surface area contributed by atoms with E-state index >= 15 is 0 Å². The molecule has 19 heavy (non-hydrogen) atoms. The van der Waals surface area contributed by atoms with Crippen LogP contribution in [-0.4, -0.2) is 26.4 Å². The van der Waals surface area contributed by atoms with Gasteiger partial charge in [0, 0.05) is 25.0 Å². The number of nitrogens with zero attached hydrogens (tertiary/aromatic N) is 4. The lowest BCUT2D eigenvalue weighted by Gasteiger charge is -2.13. The van der Waals surface area contributed by atoms with E-state index in [-0.39, 0.29) is 0 Å². The Balaban J connectivity index is 2.08. The maximum Gasteiger partial charge on any atom is 0.146 e. The minimum absolute atomic E-state index is 0.440. The Morgan fingerprint density at radius 3 is 2.89 bits per heavy atom. The molecule has 0 saturated heterocycles. The summed E-state index contributed by atoms with van der Waals surface area (Å²) in [6.45, 7) is 5.93. The molecule has 0 aliphatic carbocycles. The van der Waals surface area contributed by atoms with Crippen LogP contribution in [0, 0.1) is 0 Å². The second-order valence-electron chi connectivity index (χ2n) is 4.74. The van der Waals surface area contributed by atoms with Crippen molar-refractivity contribution in [1.82, 2.24) is 24.6 Å². The third-order valence-electron chi connectivity index (χ3n) is 3.42. The first-order chi connectivity index (χ1) is 9.28. The molecule has 1 atom stereocenters. The number of aryl methyl sites for hydroxylation is 1. The molecule has 0 radical (unpaired) electrons. The van der Waals surface area contributed by atoms with Gasteiger partial charge in [-0.05, 0) is 32.0 Å². The minimum Gasteiger partial charge on any atom is -0.346 e. The van der Waals surface area contributed by atoms with E-state index in [1.165, 1.54) is 12.0 Å². The maximum absolute atomic E-state index is 4.31. The van der Waals surface area contributed by atoms with Gasteiger partial charge in [-0.25, -0.2) is 9.67 Å². The Labute approximate surface area is 114 Å². The summed E-state index contributed by atoms with van der Waals surface area (Å²) in [7, 11) is 2.02. The van der Waals surface area contributed by atoms with Gasteiger partial charge < -0.3 is 9.88 Å². The predicted molar refractivity (Wildman–Crippen MR) is 75.9 cm³/mol. The Hall–Kier alpha value is -1.62. The molecule has 5 heteroatoms. The summed E-state index contributed by atoms with van der Waals surface area (Å²) in [6, 6.07) is 2.62. The largest absolute Gasteiger partial charge is 0.346 e. The van der Waals surface area contributed by atoms with E-state index < -0.39 is 0 Å². The monoisotopic (exact) mass is 261 g/mol. The fraction of sp³-hybridized carbons (Fsp3) is 0.571. The van der Waals surface area contributed by atoms with E-state index in [1.54, 1.807) is 6.33 Å². The summed E-state index contributed by atoms with van der Waals surface area (Å²) in [5.74, 6) is 1.00. The molecule has 1 N–H and O–H groups in total. The van der Waals surface area contributed by atoms with Crippen molar-refractivity contribution in [2.75, 3.05) is 7.05 Å². The van der Waals surface area contributed by atoms with Gasteiger partial charge in [-0.15, -0.1) is 0 Å². The number of hydrogen-bond acceptors (Lipinski definition) is 3. The third kappa shape index (κ3) is 3.23. The molecule has 0 aliphatic heterocycles. The topological polar surface area (TPSA) is 47.7 Å². The van der Waals surface area contributed by atoms with E-state index in [2.05, 4.69) is 52.3 Å². The van der Waals surface area contributed by atoms with Crippen LogP contribution >= 0.6 is 0 Å². The van der Waals surface area contributed by atoms with Crippen molar-refractivity contribution in [1.29, 1.82) is 0 Å². The minimum atomic E-state index is 0.440. The fourth-order valence-electron chi connectivity index (χ4n) is 2.37. The maximum atomic E-state index is 4.31. The number of nitrogens with one attached hydrogen (secondary N) is 1. The van der Waals surface area contributed by atoms with Crippen LogP contribution in [-0.2, 0) is 13.1 Å². The van der Waals surface area contributed by atoms with Gasteiger partial charge in [0.05, 0.1) is 6.54 Å². The number of hydrogen-bond donors (Lipinski definition) is 1. The highest BCUT2D eigenvalue weighted by Crippen LogP contribution is 2.18. The third-order valence-corrected chi connectivity index (χ3v) is 3.42. The molecule has 2 aromatic heterocycles. The molecule has 0 amide bonds. The molecule has 5 nitrogen and oxygen atoms in total. The first kappa shape index (κ1) is 13.8. The lowest BCUT2D eigenvalue weighted by Crippen LogP contribution is -2.15. The average molecular weight is 261 g/mol. The van der Waals surface area contributed by atoms with Crippen molar-refractivity contribution in [2.24, 2.45) is 0 Å². The van der Waals surface area contributed by atoms with Crippen molar-refractivity contribution in [3.8, 4) is 0 Å². The van der Waals surface area contributed by atoms with Crippen LogP contribution in [0.15, 0.2) is 24.8 Å². The smallest absolute Gasteiger partial charge is 0.146 e. The van der Waals surface area contributed by atoms with E-state index in [9.17, 15) is 0 Å². The Kier molecular flexibility index (Phi) is 4.74.